The van der Waals surface area contributed by atoms with Gasteiger partial charge in [0.25, 0.3) is 5.91 Å². The van der Waals surface area contributed by atoms with Gasteiger partial charge in [-0.2, -0.15) is 0 Å². The van der Waals surface area contributed by atoms with E-state index in [0.717, 1.165) is 27.9 Å². The van der Waals surface area contributed by atoms with Crippen molar-refractivity contribution in [3.63, 3.8) is 0 Å². The molecule has 0 bridgehead atoms. The maximum atomic E-state index is 12.7. The highest BCUT2D eigenvalue weighted by Crippen LogP contribution is 2.29. The Morgan fingerprint density at radius 2 is 1.77 bits per heavy atom. The number of ether oxygens (including phenoxy) is 1. The zero-order valence-corrected chi connectivity index (χ0v) is 18.0. The molecule has 30 heavy (non-hydrogen) atoms. The van der Waals surface area contributed by atoms with E-state index in [1.165, 1.54) is 19.3 Å². The molecule has 1 aromatic heterocycles. The van der Waals surface area contributed by atoms with E-state index in [-0.39, 0.29) is 11.9 Å². The third kappa shape index (κ3) is 4.48. The number of benzene rings is 2. The molecule has 0 aliphatic heterocycles. The summed E-state index contributed by atoms with van der Waals surface area (Å²) in [4.78, 5) is 17.3. The predicted molar refractivity (Wildman–Crippen MR) is 121 cm³/mol. The molecule has 0 spiro atoms. The van der Waals surface area contributed by atoms with Crippen molar-refractivity contribution in [3.8, 4) is 5.75 Å². The van der Waals surface area contributed by atoms with Crippen molar-refractivity contribution in [1.82, 2.24) is 10.3 Å². The fourth-order valence-corrected chi connectivity index (χ4v) is 4.58. The van der Waals surface area contributed by atoms with Crippen molar-refractivity contribution in [3.05, 3.63) is 71.4 Å². The Hall–Kier alpha value is -2.88. The number of nitrogens with one attached hydrogen (secondary N) is 1. The molecule has 1 saturated carbocycles. The molecule has 1 N–H and O–H groups in total. The van der Waals surface area contributed by atoms with Gasteiger partial charge >= 0.3 is 0 Å². The average Bonchev–Trinajstić information content (AvgIpc) is 2.75. The minimum Gasteiger partial charge on any atom is -0.489 e. The van der Waals surface area contributed by atoms with Gasteiger partial charge in [-0.3, -0.25) is 9.78 Å². The van der Waals surface area contributed by atoms with Gasteiger partial charge < -0.3 is 10.1 Å². The quantitative estimate of drug-likeness (QED) is 0.598. The molecular weight excluding hydrogens is 372 g/mol. The summed E-state index contributed by atoms with van der Waals surface area (Å²) in [5, 5.41) is 4.36. The molecule has 4 rings (SSSR count). The minimum absolute atomic E-state index is 0.00269. The maximum Gasteiger partial charge on any atom is 0.251 e. The third-order valence-electron chi connectivity index (χ3n) is 6.28. The number of amides is 1. The zero-order chi connectivity index (χ0) is 21.1. The summed E-state index contributed by atoms with van der Waals surface area (Å²) in [6.45, 7) is 6.94. The number of para-hydroxylation sites is 1. The molecule has 1 aliphatic rings. The molecule has 2 atom stereocenters. The summed E-state index contributed by atoms with van der Waals surface area (Å²) in [5.41, 5.74) is 3.75. The van der Waals surface area contributed by atoms with Crippen molar-refractivity contribution in [2.45, 2.75) is 52.7 Å². The summed E-state index contributed by atoms with van der Waals surface area (Å²) in [7, 11) is 0. The molecular formula is C26H30N2O2. The Labute approximate surface area is 178 Å². The Morgan fingerprint density at radius 1 is 1.07 bits per heavy atom. The van der Waals surface area contributed by atoms with Gasteiger partial charge in [0.2, 0.25) is 0 Å². The van der Waals surface area contributed by atoms with Crippen molar-refractivity contribution >= 4 is 16.8 Å². The maximum absolute atomic E-state index is 12.7. The molecule has 2 aromatic carbocycles. The average molecular weight is 403 g/mol. The van der Waals surface area contributed by atoms with E-state index in [2.05, 4.69) is 36.3 Å². The van der Waals surface area contributed by atoms with Crippen molar-refractivity contribution in [2.75, 3.05) is 0 Å². The largest absolute Gasteiger partial charge is 0.489 e. The Bertz CT molecular complexity index is 1020. The second kappa shape index (κ2) is 8.86. The van der Waals surface area contributed by atoms with Crippen LogP contribution in [0.3, 0.4) is 0 Å². The Kier molecular flexibility index (Phi) is 6.03. The van der Waals surface area contributed by atoms with E-state index in [1.807, 2.05) is 49.4 Å². The zero-order valence-electron chi connectivity index (χ0n) is 18.0. The summed E-state index contributed by atoms with van der Waals surface area (Å²) in [6, 6.07) is 17.9. The van der Waals surface area contributed by atoms with Crippen molar-refractivity contribution < 1.29 is 9.53 Å². The summed E-state index contributed by atoms with van der Waals surface area (Å²) < 4.78 is 6.01. The lowest BCUT2D eigenvalue weighted by Gasteiger charge is -2.35. The van der Waals surface area contributed by atoms with Gasteiger partial charge in [-0.1, -0.05) is 38.5 Å². The lowest BCUT2D eigenvalue weighted by atomic mass is 9.78. The number of carbonyl (C=O) groups excluding carboxylic acids is 1. The first-order chi connectivity index (χ1) is 14.5. The molecule has 3 aromatic rings. The molecule has 4 nitrogen and oxygen atoms in total. The molecule has 1 fully saturated rings. The second-order valence-electron chi connectivity index (χ2n) is 8.64. The van der Waals surface area contributed by atoms with Gasteiger partial charge in [0.15, 0.2) is 0 Å². The second-order valence-corrected chi connectivity index (χ2v) is 8.64. The smallest absolute Gasteiger partial charge is 0.251 e. The fraction of sp³-hybridized carbons (Fsp3) is 0.385. The highest BCUT2D eigenvalue weighted by molar-refractivity contribution is 5.94. The molecule has 0 radical (unpaired) electrons. The highest BCUT2D eigenvalue weighted by atomic mass is 16.5. The molecule has 1 heterocycles. The molecule has 1 aliphatic carbocycles. The van der Waals surface area contributed by atoms with Gasteiger partial charge in [-0.15, -0.1) is 0 Å². The van der Waals surface area contributed by atoms with Gasteiger partial charge in [-0.05, 0) is 68.0 Å². The van der Waals surface area contributed by atoms with Crippen LogP contribution in [0.5, 0.6) is 5.75 Å². The number of hydrogen-bond acceptors (Lipinski definition) is 3. The SMILES string of the molecule is Cc1cc(COc2ccc(C(=O)NC3C(C)CCCC3C)cc2)c2ccccc2n1. The van der Waals surface area contributed by atoms with Crippen LogP contribution < -0.4 is 10.1 Å². The number of nitrogens with zero attached hydrogens (tertiary/aromatic N) is 1. The van der Waals surface area contributed by atoms with Crippen LogP contribution in [0.4, 0.5) is 0 Å². The highest BCUT2D eigenvalue weighted by Gasteiger charge is 2.29. The van der Waals surface area contributed by atoms with E-state index >= 15 is 0 Å². The van der Waals surface area contributed by atoms with Crippen LogP contribution in [0.25, 0.3) is 10.9 Å². The van der Waals surface area contributed by atoms with E-state index in [1.54, 1.807) is 0 Å². The van der Waals surface area contributed by atoms with E-state index in [0.29, 0.717) is 24.0 Å². The van der Waals surface area contributed by atoms with Crippen LogP contribution in [-0.2, 0) is 6.61 Å². The van der Waals surface area contributed by atoms with Crippen LogP contribution in [0.1, 0.15) is 54.7 Å². The van der Waals surface area contributed by atoms with Gasteiger partial charge in [0, 0.05) is 28.2 Å². The standard InChI is InChI=1S/C26H30N2O2/c1-17-7-6-8-18(2)25(17)28-26(29)20-11-13-22(14-12-20)30-16-21-15-19(3)27-24-10-5-4-9-23(21)24/h4-5,9-15,17-18,25H,6-8,16H2,1-3H3,(H,28,29). The normalized spacial score (nSPS) is 21.4. The first-order valence-electron chi connectivity index (χ1n) is 10.9. The number of hydrogen-bond donors (Lipinski definition) is 1. The van der Waals surface area contributed by atoms with E-state index in [4.69, 9.17) is 4.74 Å². The van der Waals surface area contributed by atoms with Gasteiger partial charge in [0.05, 0.1) is 5.52 Å². The third-order valence-corrected chi connectivity index (χ3v) is 6.28. The van der Waals surface area contributed by atoms with Crippen molar-refractivity contribution in [1.29, 1.82) is 0 Å². The molecule has 0 saturated heterocycles. The Balaban J connectivity index is 1.41. The van der Waals surface area contributed by atoms with Crippen LogP contribution in [0, 0.1) is 18.8 Å². The van der Waals surface area contributed by atoms with Crippen LogP contribution >= 0.6 is 0 Å². The first-order valence-corrected chi connectivity index (χ1v) is 10.9. The Morgan fingerprint density at radius 3 is 2.50 bits per heavy atom. The molecule has 4 heteroatoms. The number of pyridine rings is 1. The van der Waals surface area contributed by atoms with Crippen LogP contribution in [0.2, 0.25) is 0 Å². The van der Waals surface area contributed by atoms with Gasteiger partial charge in [-0.25, -0.2) is 0 Å². The summed E-state index contributed by atoms with van der Waals surface area (Å²) >= 11 is 0. The number of fused-ring (bicyclic) bond motifs is 1. The molecule has 2 unspecified atom stereocenters. The number of rotatable bonds is 5. The molecule has 1 amide bonds. The summed E-state index contributed by atoms with van der Waals surface area (Å²) in [6.07, 6.45) is 3.63. The van der Waals surface area contributed by atoms with Crippen LogP contribution in [0.15, 0.2) is 54.6 Å². The topological polar surface area (TPSA) is 51.2 Å². The number of aromatic nitrogens is 1. The lowest BCUT2D eigenvalue weighted by Crippen LogP contribution is -2.45. The number of carbonyl (C=O) groups is 1. The van der Waals surface area contributed by atoms with Crippen LogP contribution in [-0.4, -0.2) is 16.9 Å². The predicted octanol–water partition coefficient (Wildman–Crippen LogP) is 5.68. The molecule has 156 valence electrons. The van der Waals surface area contributed by atoms with Crippen molar-refractivity contribution in [2.24, 2.45) is 11.8 Å². The van der Waals surface area contributed by atoms with E-state index < -0.39 is 0 Å². The van der Waals surface area contributed by atoms with Gasteiger partial charge in [0.1, 0.15) is 12.4 Å². The number of aryl methyl sites for hydroxylation is 1. The monoisotopic (exact) mass is 402 g/mol. The fourth-order valence-electron chi connectivity index (χ4n) is 4.58. The minimum atomic E-state index is 0.00269. The first kappa shape index (κ1) is 20.4. The van der Waals surface area contributed by atoms with E-state index in [9.17, 15) is 4.79 Å². The lowest BCUT2D eigenvalue weighted by molar-refractivity contribution is 0.0880. The summed E-state index contributed by atoms with van der Waals surface area (Å²) in [5.74, 6) is 1.81.